The van der Waals surface area contributed by atoms with Crippen molar-refractivity contribution < 1.29 is 14.3 Å². The van der Waals surface area contributed by atoms with Gasteiger partial charge in [0, 0.05) is 32.8 Å². The Morgan fingerprint density at radius 2 is 2.04 bits per heavy atom. The summed E-state index contributed by atoms with van der Waals surface area (Å²) in [5.41, 5.74) is 2.01. The molecule has 1 aromatic heterocycles. The lowest BCUT2D eigenvalue weighted by molar-refractivity contribution is -0.141. The fourth-order valence-corrected chi connectivity index (χ4v) is 3.19. The van der Waals surface area contributed by atoms with Gasteiger partial charge in [-0.3, -0.25) is 9.59 Å². The highest BCUT2D eigenvalue weighted by Crippen LogP contribution is 2.24. The van der Waals surface area contributed by atoms with Crippen molar-refractivity contribution in [2.24, 2.45) is 0 Å². The molecule has 3 rings (SSSR count). The maximum atomic E-state index is 12.5. The lowest BCUT2D eigenvalue weighted by Crippen LogP contribution is -2.13. The number of hydrogen-bond acceptors (Lipinski definition) is 4. The van der Waals surface area contributed by atoms with E-state index >= 15 is 0 Å². The Kier molecular flexibility index (Phi) is 5.92. The number of carbonyl (C=O) groups is 2. The molecule has 0 spiro atoms. The van der Waals surface area contributed by atoms with Crippen molar-refractivity contribution in [3.63, 3.8) is 0 Å². The minimum atomic E-state index is -0.509. The minimum Gasteiger partial charge on any atom is -0.468 e. The smallest absolute Gasteiger partial charge is 0.325 e. The number of benzene rings is 2. The molecule has 1 heterocycles. The van der Waals surface area contributed by atoms with Gasteiger partial charge in [0.15, 0.2) is 0 Å². The Labute approximate surface area is 170 Å². The van der Waals surface area contributed by atoms with Crippen molar-refractivity contribution in [3.05, 3.63) is 70.3 Å². The van der Waals surface area contributed by atoms with Gasteiger partial charge in [0.2, 0.25) is 0 Å². The van der Waals surface area contributed by atoms with Crippen molar-refractivity contribution in [2.75, 3.05) is 12.4 Å². The molecule has 0 atom stereocenters. The molecule has 0 fully saturated rings. The normalized spacial score (nSPS) is 11.1. The lowest BCUT2D eigenvalue weighted by atomic mass is 10.1. The number of nitrogens with one attached hydrogen (secondary N) is 1. The van der Waals surface area contributed by atoms with E-state index in [9.17, 15) is 14.9 Å². The largest absolute Gasteiger partial charge is 0.468 e. The van der Waals surface area contributed by atoms with Crippen LogP contribution in [-0.2, 0) is 20.9 Å². The van der Waals surface area contributed by atoms with Crippen LogP contribution in [0.15, 0.2) is 64.8 Å². The zero-order valence-corrected chi connectivity index (χ0v) is 16.6. The van der Waals surface area contributed by atoms with Gasteiger partial charge in [-0.15, -0.1) is 0 Å². The number of hydrogen-bond donors (Lipinski definition) is 1. The van der Waals surface area contributed by atoms with Crippen LogP contribution >= 0.6 is 15.9 Å². The first kappa shape index (κ1) is 19.4. The Balaban J connectivity index is 1.96. The summed E-state index contributed by atoms with van der Waals surface area (Å²) >= 11 is 3.34. The summed E-state index contributed by atoms with van der Waals surface area (Å²) < 4.78 is 7.28. The molecule has 3 aromatic rings. The molecule has 0 aliphatic carbocycles. The first-order valence-electron chi connectivity index (χ1n) is 8.35. The fraction of sp³-hybridized carbons (Fsp3) is 0.0952. The van der Waals surface area contributed by atoms with E-state index in [1.54, 1.807) is 29.0 Å². The highest BCUT2D eigenvalue weighted by Gasteiger charge is 2.14. The van der Waals surface area contributed by atoms with Crippen LogP contribution in [0.4, 0.5) is 5.69 Å². The van der Waals surface area contributed by atoms with Crippen LogP contribution < -0.4 is 5.32 Å². The van der Waals surface area contributed by atoms with Crippen molar-refractivity contribution in [2.45, 2.75) is 6.54 Å². The number of esters is 1. The quantitative estimate of drug-likeness (QED) is 0.369. The number of aromatic nitrogens is 1. The number of ether oxygens (including phenoxy) is 1. The standard InChI is InChI=1S/C21H16BrN3O3/c1-28-20(26)13-25-12-15(18-7-2-3-8-19(18)25)9-14(11-23)21(27)24-17-6-4-5-16(22)10-17/h2-10,12H,13H2,1H3,(H,24,27)/b14-9-. The van der Waals surface area contributed by atoms with E-state index in [-0.39, 0.29) is 18.1 Å². The van der Waals surface area contributed by atoms with Crippen LogP contribution in [0.25, 0.3) is 17.0 Å². The van der Waals surface area contributed by atoms with Gasteiger partial charge in [-0.1, -0.05) is 40.2 Å². The summed E-state index contributed by atoms with van der Waals surface area (Å²) in [5.74, 6) is -0.894. The second-order valence-corrected chi connectivity index (χ2v) is 6.86. The highest BCUT2D eigenvalue weighted by molar-refractivity contribution is 9.10. The fourth-order valence-electron chi connectivity index (χ4n) is 2.79. The molecule has 0 saturated carbocycles. The maximum absolute atomic E-state index is 12.5. The van der Waals surface area contributed by atoms with E-state index in [1.807, 2.05) is 36.4 Å². The molecule has 1 amide bonds. The molecule has 28 heavy (non-hydrogen) atoms. The number of nitriles is 1. The van der Waals surface area contributed by atoms with Crippen molar-refractivity contribution in [3.8, 4) is 6.07 Å². The Bertz CT molecular complexity index is 1130. The van der Waals surface area contributed by atoms with Crippen LogP contribution in [0.1, 0.15) is 5.56 Å². The minimum absolute atomic E-state index is 0.0387. The van der Waals surface area contributed by atoms with Crippen molar-refractivity contribution >= 4 is 50.5 Å². The predicted molar refractivity (Wildman–Crippen MR) is 110 cm³/mol. The predicted octanol–water partition coefficient (Wildman–Crippen LogP) is 4.12. The second kappa shape index (κ2) is 8.55. The topological polar surface area (TPSA) is 84.1 Å². The monoisotopic (exact) mass is 437 g/mol. The van der Waals surface area contributed by atoms with E-state index in [2.05, 4.69) is 21.2 Å². The zero-order valence-electron chi connectivity index (χ0n) is 15.0. The SMILES string of the molecule is COC(=O)Cn1cc(/C=C(/C#N)C(=O)Nc2cccc(Br)c2)c2ccccc21. The number of halogens is 1. The van der Waals surface area contributed by atoms with Crippen LogP contribution in [0.2, 0.25) is 0 Å². The Morgan fingerprint density at radius 1 is 1.25 bits per heavy atom. The number of anilines is 1. The number of fused-ring (bicyclic) bond motifs is 1. The summed E-state index contributed by atoms with van der Waals surface area (Å²) in [5, 5.41) is 13.0. The summed E-state index contributed by atoms with van der Waals surface area (Å²) in [6.45, 7) is 0.0387. The first-order valence-corrected chi connectivity index (χ1v) is 9.14. The molecule has 0 aliphatic rings. The average molecular weight is 438 g/mol. The van der Waals surface area contributed by atoms with Crippen molar-refractivity contribution in [1.29, 1.82) is 5.26 Å². The molecule has 0 bridgehead atoms. The summed E-state index contributed by atoms with van der Waals surface area (Å²) in [7, 11) is 1.33. The van der Waals surface area contributed by atoms with Crippen LogP contribution in [-0.4, -0.2) is 23.6 Å². The Hall–Kier alpha value is -3.37. The molecule has 7 heteroatoms. The van der Waals surface area contributed by atoms with E-state index in [0.717, 1.165) is 15.4 Å². The van der Waals surface area contributed by atoms with Crippen LogP contribution in [0.3, 0.4) is 0 Å². The third-order valence-electron chi connectivity index (χ3n) is 4.09. The van der Waals surface area contributed by atoms with Crippen LogP contribution in [0, 0.1) is 11.3 Å². The summed E-state index contributed by atoms with van der Waals surface area (Å²) in [6.07, 6.45) is 3.24. The van der Waals surface area contributed by atoms with Gasteiger partial charge in [-0.05, 0) is 30.3 Å². The molecule has 0 saturated heterocycles. The van der Waals surface area contributed by atoms with Gasteiger partial charge in [-0.25, -0.2) is 0 Å². The molecule has 0 unspecified atom stereocenters. The number of nitrogens with zero attached hydrogens (tertiary/aromatic N) is 2. The number of carbonyl (C=O) groups excluding carboxylic acids is 2. The number of para-hydroxylation sites is 1. The molecule has 2 aromatic carbocycles. The molecular formula is C21H16BrN3O3. The number of rotatable bonds is 5. The van der Waals surface area contributed by atoms with Gasteiger partial charge in [-0.2, -0.15) is 5.26 Å². The van der Waals surface area contributed by atoms with E-state index in [1.165, 1.54) is 13.2 Å². The molecule has 1 N–H and O–H groups in total. The van der Waals surface area contributed by atoms with Gasteiger partial charge in [0.1, 0.15) is 18.2 Å². The van der Waals surface area contributed by atoms with E-state index < -0.39 is 5.91 Å². The van der Waals surface area contributed by atoms with Gasteiger partial charge in [0.25, 0.3) is 5.91 Å². The molecule has 140 valence electrons. The molecule has 0 radical (unpaired) electrons. The maximum Gasteiger partial charge on any atom is 0.325 e. The van der Waals surface area contributed by atoms with Gasteiger partial charge >= 0.3 is 5.97 Å². The first-order chi connectivity index (χ1) is 13.5. The highest BCUT2D eigenvalue weighted by atomic mass is 79.9. The third-order valence-corrected chi connectivity index (χ3v) is 4.59. The average Bonchev–Trinajstić information content (AvgIpc) is 3.03. The van der Waals surface area contributed by atoms with E-state index in [4.69, 9.17) is 4.74 Å². The van der Waals surface area contributed by atoms with Gasteiger partial charge in [0.05, 0.1) is 7.11 Å². The summed E-state index contributed by atoms with van der Waals surface area (Å²) in [4.78, 5) is 24.2. The van der Waals surface area contributed by atoms with Gasteiger partial charge < -0.3 is 14.6 Å². The summed E-state index contributed by atoms with van der Waals surface area (Å²) in [6, 6.07) is 16.5. The molecular weight excluding hydrogens is 422 g/mol. The van der Waals surface area contributed by atoms with Crippen LogP contribution in [0.5, 0.6) is 0 Å². The molecule has 0 aliphatic heterocycles. The molecule has 6 nitrogen and oxygen atoms in total. The van der Waals surface area contributed by atoms with E-state index in [0.29, 0.717) is 11.3 Å². The lowest BCUT2D eigenvalue weighted by Gasteiger charge is -2.04. The van der Waals surface area contributed by atoms with Crippen molar-refractivity contribution in [1.82, 2.24) is 4.57 Å². The number of amides is 1. The third kappa shape index (κ3) is 4.30. The second-order valence-electron chi connectivity index (χ2n) is 5.94. The Morgan fingerprint density at radius 3 is 2.75 bits per heavy atom. The number of methoxy groups -OCH3 is 1. The zero-order chi connectivity index (χ0) is 20.1.